The normalized spacial score (nSPS) is 24.3. The summed E-state index contributed by atoms with van der Waals surface area (Å²) in [5.41, 5.74) is 0. The number of likely N-dealkylation sites (tertiary alicyclic amines) is 1. The number of guanidine groups is 1. The number of ether oxygens (including phenoxy) is 1. The average Bonchev–Trinajstić information content (AvgIpc) is 2.90. The molecule has 3 heterocycles. The Balaban J connectivity index is 0.00000208. The molecule has 2 aliphatic rings. The van der Waals surface area contributed by atoms with Gasteiger partial charge in [0.05, 0.1) is 6.10 Å². The van der Waals surface area contributed by atoms with Gasteiger partial charge in [-0.25, -0.2) is 4.99 Å². The molecule has 2 fully saturated rings. The summed E-state index contributed by atoms with van der Waals surface area (Å²) in [6.07, 6.45) is 3.99. The molecule has 8 heteroatoms. The number of aromatic nitrogens is 3. The van der Waals surface area contributed by atoms with Crippen LogP contribution in [0.5, 0.6) is 0 Å². The van der Waals surface area contributed by atoms with Crippen molar-refractivity contribution in [1.82, 2.24) is 25.0 Å². The molecule has 24 heavy (non-hydrogen) atoms. The zero-order valence-corrected chi connectivity index (χ0v) is 17.2. The summed E-state index contributed by atoms with van der Waals surface area (Å²) in [5, 5.41) is 11.7. The van der Waals surface area contributed by atoms with Crippen LogP contribution in [0, 0.1) is 12.8 Å². The van der Waals surface area contributed by atoms with Crippen molar-refractivity contribution in [2.75, 3.05) is 26.2 Å². The Morgan fingerprint density at radius 3 is 2.92 bits per heavy atom. The highest BCUT2D eigenvalue weighted by molar-refractivity contribution is 14.0. The van der Waals surface area contributed by atoms with Gasteiger partial charge in [0.2, 0.25) is 0 Å². The monoisotopic (exact) mass is 448 g/mol. The number of hydrogen-bond donors (Lipinski definition) is 1. The van der Waals surface area contributed by atoms with E-state index in [1.165, 1.54) is 12.8 Å². The molecule has 1 aromatic heterocycles. The first kappa shape index (κ1) is 19.4. The molecule has 0 saturated carbocycles. The van der Waals surface area contributed by atoms with E-state index in [0.29, 0.717) is 18.6 Å². The molecular weight excluding hydrogens is 419 g/mol. The first-order valence-electron chi connectivity index (χ1n) is 8.68. The van der Waals surface area contributed by atoms with Gasteiger partial charge in [-0.1, -0.05) is 0 Å². The smallest absolute Gasteiger partial charge is 0.194 e. The molecule has 2 atom stereocenters. The van der Waals surface area contributed by atoms with Crippen LogP contribution >= 0.6 is 24.0 Å². The minimum atomic E-state index is 0. The van der Waals surface area contributed by atoms with Crippen molar-refractivity contribution in [2.45, 2.75) is 45.8 Å². The second-order valence-corrected chi connectivity index (χ2v) is 6.44. The van der Waals surface area contributed by atoms with E-state index in [9.17, 15) is 0 Å². The molecule has 0 radical (unpaired) electrons. The SMILES string of the molecule is CCNC(=NCc1nnc(C)n1C)N1CCC2OCCCC2C1.I. The lowest BCUT2D eigenvalue weighted by Crippen LogP contribution is -2.52. The minimum Gasteiger partial charge on any atom is -0.378 e. The van der Waals surface area contributed by atoms with Gasteiger partial charge in [-0.2, -0.15) is 0 Å². The fraction of sp³-hybridized carbons (Fsp3) is 0.812. The van der Waals surface area contributed by atoms with Crippen LogP contribution in [-0.4, -0.2) is 58.0 Å². The van der Waals surface area contributed by atoms with Crippen molar-refractivity contribution >= 4 is 29.9 Å². The summed E-state index contributed by atoms with van der Waals surface area (Å²) in [5.74, 6) is 3.43. The Kier molecular flexibility index (Phi) is 7.27. The van der Waals surface area contributed by atoms with Crippen LogP contribution in [0.3, 0.4) is 0 Å². The van der Waals surface area contributed by atoms with E-state index in [1.807, 2.05) is 18.5 Å². The summed E-state index contributed by atoms with van der Waals surface area (Å²) >= 11 is 0. The van der Waals surface area contributed by atoms with Crippen molar-refractivity contribution in [3.8, 4) is 0 Å². The van der Waals surface area contributed by atoms with Gasteiger partial charge in [-0.3, -0.25) is 0 Å². The molecule has 0 aromatic carbocycles. The van der Waals surface area contributed by atoms with Crippen LogP contribution < -0.4 is 5.32 Å². The highest BCUT2D eigenvalue weighted by atomic mass is 127. The topological polar surface area (TPSA) is 67.6 Å². The predicted molar refractivity (Wildman–Crippen MR) is 105 cm³/mol. The molecule has 0 bridgehead atoms. The molecule has 1 N–H and O–H groups in total. The van der Waals surface area contributed by atoms with Crippen molar-refractivity contribution in [1.29, 1.82) is 0 Å². The van der Waals surface area contributed by atoms with Gasteiger partial charge in [0.15, 0.2) is 11.8 Å². The van der Waals surface area contributed by atoms with E-state index in [2.05, 4.69) is 27.3 Å². The van der Waals surface area contributed by atoms with E-state index in [4.69, 9.17) is 9.73 Å². The number of fused-ring (bicyclic) bond motifs is 1. The summed E-state index contributed by atoms with van der Waals surface area (Å²) in [6.45, 7) is 8.47. The van der Waals surface area contributed by atoms with Gasteiger partial charge in [0.1, 0.15) is 12.4 Å². The standard InChI is InChI=1S/C16H28N6O.HI/c1-4-17-16(18-10-15-20-19-12(2)21(15)3)22-8-7-14-13(11-22)6-5-9-23-14;/h13-14H,4-11H2,1-3H3,(H,17,18);1H. The number of nitrogens with one attached hydrogen (secondary N) is 1. The third-order valence-electron chi connectivity index (χ3n) is 4.90. The Morgan fingerprint density at radius 2 is 2.21 bits per heavy atom. The van der Waals surface area contributed by atoms with Gasteiger partial charge < -0.3 is 19.5 Å². The molecule has 2 saturated heterocycles. The Morgan fingerprint density at radius 1 is 1.38 bits per heavy atom. The molecule has 0 aliphatic carbocycles. The molecule has 1 aromatic rings. The van der Waals surface area contributed by atoms with E-state index in [1.54, 1.807) is 0 Å². The van der Waals surface area contributed by atoms with Crippen molar-refractivity contribution in [3.63, 3.8) is 0 Å². The lowest BCUT2D eigenvalue weighted by atomic mass is 9.88. The number of hydrogen-bond acceptors (Lipinski definition) is 4. The lowest BCUT2D eigenvalue weighted by Gasteiger charge is -2.42. The van der Waals surface area contributed by atoms with Gasteiger partial charge in [-0.05, 0) is 33.1 Å². The molecule has 7 nitrogen and oxygen atoms in total. The van der Waals surface area contributed by atoms with E-state index in [0.717, 1.165) is 50.3 Å². The maximum Gasteiger partial charge on any atom is 0.194 e. The van der Waals surface area contributed by atoms with E-state index in [-0.39, 0.29) is 24.0 Å². The van der Waals surface area contributed by atoms with Gasteiger partial charge in [0.25, 0.3) is 0 Å². The third-order valence-corrected chi connectivity index (χ3v) is 4.90. The molecular formula is C16H29IN6O. The number of aliphatic imine (C=N–C) groups is 1. The van der Waals surface area contributed by atoms with Gasteiger partial charge >= 0.3 is 0 Å². The van der Waals surface area contributed by atoms with Gasteiger partial charge in [0, 0.05) is 39.2 Å². The molecule has 2 aliphatic heterocycles. The van der Waals surface area contributed by atoms with Crippen LogP contribution in [-0.2, 0) is 18.3 Å². The lowest BCUT2D eigenvalue weighted by molar-refractivity contribution is -0.0559. The number of rotatable bonds is 3. The highest BCUT2D eigenvalue weighted by Crippen LogP contribution is 2.28. The Bertz CT molecular complexity index is 561. The molecule has 0 amide bonds. The van der Waals surface area contributed by atoms with Crippen LogP contribution in [0.1, 0.15) is 37.8 Å². The summed E-state index contributed by atoms with van der Waals surface area (Å²) < 4.78 is 7.90. The van der Waals surface area contributed by atoms with Crippen LogP contribution in [0.15, 0.2) is 4.99 Å². The van der Waals surface area contributed by atoms with Crippen molar-refractivity contribution in [2.24, 2.45) is 18.0 Å². The maximum atomic E-state index is 5.91. The summed E-state index contributed by atoms with van der Waals surface area (Å²) in [7, 11) is 1.98. The number of halogens is 1. The molecule has 2 unspecified atom stereocenters. The molecule has 0 spiro atoms. The van der Waals surface area contributed by atoms with Crippen molar-refractivity contribution in [3.05, 3.63) is 11.6 Å². The first-order valence-corrected chi connectivity index (χ1v) is 8.68. The van der Waals surface area contributed by atoms with Crippen molar-refractivity contribution < 1.29 is 4.74 Å². The predicted octanol–water partition coefficient (Wildman–Crippen LogP) is 1.71. The quantitative estimate of drug-likeness (QED) is 0.433. The minimum absolute atomic E-state index is 0. The van der Waals surface area contributed by atoms with Crippen LogP contribution in [0.25, 0.3) is 0 Å². The fourth-order valence-corrected chi connectivity index (χ4v) is 3.44. The number of piperidine rings is 1. The van der Waals surface area contributed by atoms with Gasteiger partial charge in [-0.15, -0.1) is 34.2 Å². The second-order valence-electron chi connectivity index (χ2n) is 6.44. The number of aryl methyl sites for hydroxylation is 1. The van der Waals surface area contributed by atoms with Crippen LogP contribution in [0.4, 0.5) is 0 Å². The second kappa shape index (κ2) is 8.98. The zero-order valence-electron chi connectivity index (χ0n) is 14.9. The number of nitrogens with zero attached hydrogens (tertiary/aromatic N) is 5. The van der Waals surface area contributed by atoms with Crippen LogP contribution in [0.2, 0.25) is 0 Å². The largest absolute Gasteiger partial charge is 0.378 e. The summed E-state index contributed by atoms with van der Waals surface area (Å²) in [4.78, 5) is 7.16. The Labute approximate surface area is 161 Å². The maximum absolute atomic E-state index is 5.91. The summed E-state index contributed by atoms with van der Waals surface area (Å²) in [6, 6.07) is 0. The molecule has 136 valence electrons. The molecule has 3 rings (SSSR count). The first-order chi connectivity index (χ1) is 11.2. The third kappa shape index (κ3) is 4.38. The average molecular weight is 448 g/mol. The fourth-order valence-electron chi connectivity index (χ4n) is 3.44. The Hall–Kier alpha value is -0.900. The van der Waals surface area contributed by atoms with E-state index >= 15 is 0 Å². The highest BCUT2D eigenvalue weighted by Gasteiger charge is 2.33. The van der Waals surface area contributed by atoms with E-state index < -0.39 is 0 Å². The zero-order chi connectivity index (χ0) is 16.2.